The Hall–Kier alpha value is -3.15. The summed E-state index contributed by atoms with van der Waals surface area (Å²) in [6.07, 6.45) is 0. The van der Waals surface area contributed by atoms with Crippen molar-refractivity contribution in [3.8, 4) is 34.3 Å². The van der Waals surface area contributed by atoms with Crippen LogP contribution < -0.4 is 24.4 Å². The lowest BCUT2D eigenvalue weighted by molar-refractivity contribution is 0.173. The maximum Gasteiger partial charge on any atom is 0.231 e. The van der Waals surface area contributed by atoms with E-state index in [1.807, 2.05) is 6.07 Å². The molecule has 0 spiro atoms. The van der Waals surface area contributed by atoms with Crippen LogP contribution in [0.5, 0.6) is 23.0 Å². The van der Waals surface area contributed by atoms with Gasteiger partial charge in [0.05, 0.1) is 5.39 Å². The lowest BCUT2D eigenvalue weighted by Crippen LogP contribution is -2.00. The number of rotatable bonds is 1. The van der Waals surface area contributed by atoms with Gasteiger partial charge in [0, 0.05) is 17.7 Å². The first-order chi connectivity index (χ1) is 11.3. The highest BCUT2D eigenvalue weighted by Gasteiger charge is 2.19. The average molecular weight is 310 g/mol. The molecule has 0 radical (unpaired) electrons. The Bertz CT molecular complexity index is 1000. The van der Waals surface area contributed by atoms with Crippen LogP contribution in [-0.2, 0) is 0 Å². The summed E-state index contributed by atoms with van der Waals surface area (Å²) >= 11 is 0. The van der Waals surface area contributed by atoms with Gasteiger partial charge in [0.1, 0.15) is 11.3 Å². The summed E-state index contributed by atoms with van der Waals surface area (Å²) in [6.45, 7) is 0.346. The minimum Gasteiger partial charge on any atom is -0.456 e. The number of fused-ring (bicyclic) bond motifs is 3. The molecule has 5 rings (SSSR count). The number of ether oxygens (including phenoxy) is 4. The molecule has 0 saturated heterocycles. The van der Waals surface area contributed by atoms with Gasteiger partial charge >= 0.3 is 0 Å². The lowest BCUT2D eigenvalue weighted by atomic mass is 10.1. The average Bonchev–Trinajstić information content (AvgIpc) is 3.20. The van der Waals surface area contributed by atoms with E-state index >= 15 is 0 Å². The molecule has 6 nitrogen and oxygen atoms in total. The molecule has 0 saturated carbocycles. The largest absolute Gasteiger partial charge is 0.456 e. The zero-order chi connectivity index (χ0) is 15.4. The summed E-state index contributed by atoms with van der Waals surface area (Å²) in [5.41, 5.74) is 1.05. The number of hydrogen-bond donors (Lipinski definition) is 0. The molecule has 0 N–H and O–H groups in total. The quantitative estimate of drug-likeness (QED) is 0.688. The van der Waals surface area contributed by atoms with Gasteiger partial charge in [0.2, 0.25) is 13.6 Å². The molecule has 6 heteroatoms. The molecule has 3 aromatic rings. The van der Waals surface area contributed by atoms with Crippen molar-refractivity contribution in [1.82, 2.24) is 0 Å². The van der Waals surface area contributed by atoms with Gasteiger partial charge < -0.3 is 23.4 Å². The van der Waals surface area contributed by atoms with E-state index in [9.17, 15) is 4.79 Å². The van der Waals surface area contributed by atoms with Gasteiger partial charge in [-0.05, 0) is 24.3 Å². The molecular formula is C17H10O6. The van der Waals surface area contributed by atoms with Gasteiger partial charge in [-0.3, -0.25) is 4.79 Å². The van der Waals surface area contributed by atoms with Crippen molar-refractivity contribution >= 4 is 11.0 Å². The second-order valence-electron chi connectivity index (χ2n) is 5.24. The fourth-order valence-corrected chi connectivity index (χ4v) is 2.74. The second-order valence-corrected chi connectivity index (χ2v) is 5.24. The van der Waals surface area contributed by atoms with Crippen LogP contribution in [0.25, 0.3) is 22.3 Å². The first-order valence-corrected chi connectivity index (χ1v) is 7.05. The molecule has 0 unspecified atom stereocenters. The van der Waals surface area contributed by atoms with Crippen LogP contribution in [0.2, 0.25) is 0 Å². The molecule has 1 aromatic heterocycles. The first-order valence-electron chi connectivity index (χ1n) is 7.05. The third-order valence-electron chi connectivity index (χ3n) is 3.88. The van der Waals surface area contributed by atoms with Crippen molar-refractivity contribution in [2.45, 2.75) is 0 Å². The van der Waals surface area contributed by atoms with E-state index in [4.69, 9.17) is 23.4 Å². The maximum atomic E-state index is 12.4. The van der Waals surface area contributed by atoms with Gasteiger partial charge in [-0.25, -0.2) is 0 Å². The van der Waals surface area contributed by atoms with Gasteiger partial charge in [-0.2, -0.15) is 0 Å². The summed E-state index contributed by atoms with van der Waals surface area (Å²) < 4.78 is 27.2. The SMILES string of the molecule is O=c1cc(-c2ccc3c(c2)OCO3)oc2cc3c(cc12)OCO3. The van der Waals surface area contributed by atoms with E-state index in [0.717, 1.165) is 5.56 Å². The molecule has 114 valence electrons. The van der Waals surface area contributed by atoms with Crippen LogP contribution >= 0.6 is 0 Å². The first kappa shape index (κ1) is 12.4. The summed E-state index contributed by atoms with van der Waals surface area (Å²) in [4.78, 5) is 12.4. The van der Waals surface area contributed by atoms with Crippen LogP contribution in [0.3, 0.4) is 0 Å². The monoisotopic (exact) mass is 310 g/mol. The van der Waals surface area contributed by atoms with Crippen LogP contribution in [0.1, 0.15) is 0 Å². The Morgan fingerprint density at radius 2 is 1.43 bits per heavy atom. The molecule has 2 aromatic carbocycles. The van der Waals surface area contributed by atoms with E-state index in [-0.39, 0.29) is 19.0 Å². The lowest BCUT2D eigenvalue weighted by Gasteiger charge is -2.05. The topological polar surface area (TPSA) is 67.1 Å². The van der Waals surface area contributed by atoms with Crippen molar-refractivity contribution in [1.29, 1.82) is 0 Å². The third-order valence-corrected chi connectivity index (χ3v) is 3.88. The Balaban J connectivity index is 1.70. The van der Waals surface area contributed by atoms with Crippen LogP contribution in [-0.4, -0.2) is 13.6 Å². The van der Waals surface area contributed by atoms with Gasteiger partial charge in [-0.15, -0.1) is 0 Å². The van der Waals surface area contributed by atoms with Crippen molar-refractivity contribution in [2.24, 2.45) is 0 Å². The highest BCUT2D eigenvalue weighted by molar-refractivity contribution is 5.83. The summed E-state index contributed by atoms with van der Waals surface area (Å²) in [5, 5.41) is 0.457. The Labute approximate surface area is 129 Å². The summed E-state index contributed by atoms with van der Waals surface area (Å²) in [5.74, 6) is 2.90. The smallest absolute Gasteiger partial charge is 0.231 e. The van der Waals surface area contributed by atoms with Crippen molar-refractivity contribution in [3.63, 3.8) is 0 Å². The van der Waals surface area contributed by atoms with E-state index in [2.05, 4.69) is 0 Å². The molecular weight excluding hydrogens is 300 g/mol. The standard InChI is InChI=1S/C17H10O6/c18-11-5-13(9-1-2-12-15(3-9)20-7-19-12)23-14-6-17-16(4-10(11)14)21-8-22-17/h1-6H,7-8H2. The Morgan fingerprint density at radius 1 is 0.739 bits per heavy atom. The van der Waals surface area contributed by atoms with E-state index < -0.39 is 0 Å². The highest BCUT2D eigenvalue weighted by atomic mass is 16.7. The summed E-state index contributed by atoms with van der Waals surface area (Å²) in [7, 11) is 0. The molecule has 0 bridgehead atoms. The molecule has 3 heterocycles. The highest BCUT2D eigenvalue weighted by Crippen LogP contribution is 2.38. The van der Waals surface area contributed by atoms with Gasteiger partial charge in [0.25, 0.3) is 0 Å². The predicted octanol–water partition coefficient (Wildman–Crippen LogP) is 2.92. The fraction of sp³-hybridized carbons (Fsp3) is 0.118. The maximum absolute atomic E-state index is 12.4. The van der Waals surface area contributed by atoms with Crippen molar-refractivity contribution in [3.05, 3.63) is 46.6 Å². The zero-order valence-electron chi connectivity index (χ0n) is 11.8. The Kier molecular flexibility index (Phi) is 2.38. The molecule has 0 aliphatic carbocycles. The molecule has 23 heavy (non-hydrogen) atoms. The van der Waals surface area contributed by atoms with Gasteiger partial charge in [0.15, 0.2) is 28.4 Å². The van der Waals surface area contributed by atoms with Crippen LogP contribution in [0.4, 0.5) is 0 Å². The predicted molar refractivity (Wildman–Crippen MR) is 80.2 cm³/mol. The van der Waals surface area contributed by atoms with E-state index in [1.165, 1.54) is 6.07 Å². The second kappa shape index (κ2) is 4.42. The molecule has 0 atom stereocenters. The molecule has 2 aliphatic rings. The third kappa shape index (κ3) is 1.85. The number of benzene rings is 2. The molecule has 0 fully saturated rings. The van der Waals surface area contributed by atoms with E-state index in [1.54, 1.807) is 24.3 Å². The normalized spacial score (nSPS) is 14.4. The van der Waals surface area contributed by atoms with Crippen LogP contribution in [0, 0.1) is 0 Å². The fourth-order valence-electron chi connectivity index (χ4n) is 2.74. The van der Waals surface area contributed by atoms with Crippen molar-refractivity contribution < 1.29 is 23.4 Å². The minimum absolute atomic E-state index is 0.141. The van der Waals surface area contributed by atoms with E-state index in [0.29, 0.717) is 39.7 Å². The molecule has 2 aliphatic heterocycles. The Morgan fingerprint density at radius 3 is 2.26 bits per heavy atom. The van der Waals surface area contributed by atoms with Gasteiger partial charge in [-0.1, -0.05) is 0 Å². The summed E-state index contributed by atoms with van der Waals surface area (Å²) in [6, 6.07) is 10.2. The molecule has 0 amide bonds. The van der Waals surface area contributed by atoms with Crippen LogP contribution in [0.15, 0.2) is 45.6 Å². The zero-order valence-corrected chi connectivity index (χ0v) is 11.8. The number of hydrogen-bond acceptors (Lipinski definition) is 6. The van der Waals surface area contributed by atoms with Crippen molar-refractivity contribution in [2.75, 3.05) is 13.6 Å². The minimum atomic E-state index is -0.141.